The molecule has 0 heterocycles. The van der Waals surface area contributed by atoms with E-state index in [-0.39, 0.29) is 16.2 Å². The van der Waals surface area contributed by atoms with Crippen molar-refractivity contribution >= 4 is 21.6 Å². The lowest BCUT2D eigenvalue weighted by molar-refractivity contribution is 0.102. The van der Waals surface area contributed by atoms with Crippen molar-refractivity contribution in [3.63, 3.8) is 0 Å². The van der Waals surface area contributed by atoms with Gasteiger partial charge in [-0.15, -0.1) is 0 Å². The third kappa shape index (κ3) is 4.08. The minimum atomic E-state index is -3.90. The summed E-state index contributed by atoms with van der Waals surface area (Å²) in [6.07, 6.45) is 0.901. The molecule has 2 aromatic carbocycles. The second-order valence-electron chi connectivity index (χ2n) is 4.91. The molecule has 122 valence electrons. The van der Waals surface area contributed by atoms with Gasteiger partial charge in [0.25, 0.3) is 5.91 Å². The standard InChI is InChI=1S/C16H18N2O4S/c1-3-11-4-6-12(7-5-11)18-16(19)14-10-13(23(17,20)21)8-9-15(14)22-2/h4-10H,3H2,1-2H3,(H,18,19)(H2,17,20,21). The molecule has 0 aliphatic rings. The minimum Gasteiger partial charge on any atom is -0.496 e. The molecule has 0 spiro atoms. The van der Waals surface area contributed by atoms with Crippen LogP contribution in [-0.4, -0.2) is 21.4 Å². The fourth-order valence-electron chi connectivity index (χ4n) is 2.06. The first-order chi connectivity index (χ1) is 10.8. The van der Waals surface area contributed by atoms with E-state index in [9.17, 15) is 13.2 Å². The van der Waals surface area contributed by atoms with E-state index >= 15 is 0 Å². The van der Waals surface area contributed by atoms with E-state index < -0.39 is 15.9 Å². The summed E-state index contributed by atoms with van der Waals surface area (Å²) >= 11 is 0. The number of primary sulfonamides is 1. The van der Waals surface area contributed by atoms with Crippen LogP contribution in [0.5, 0.6) is 5.75 Å². The van der Waals surface area contributed by atoms with Crippen LogP contribution in [0.4, 0.5) is 5.69 Å². The van der Waals surface area contributed by atoms with E-state index in [1.807, 2.05) is 19.1 Å². The SMILES string of the molecule is CCc1ccc(NC(=O)c2cc(S(N)(=O)=O)ccc2OC)cc1. The van der Waals surface area contributed by atoms with Gasteiger partial charge in [0, 0.05) is 5.69 Å². The van der Waals surface area contributed by atoms with Gasteiger partial charge in [-0.2, -0.15) is 0 Å². The van der Waals surface area contributed by atoms with Crippen LogP contribution in [0, 0.1) is 0 Å². The van der Waals surface area contributed by atoms with Crippen molar-refractivity contribution in [2.45, 2.75) is 18.2 Å². The van der Waals surface area contributed by atoms with Crippen LogP contribution < -0.4 is 15.2 Å². The first-order valence-corrected chi connectivity index (χ1v) is 8.51. The molecule has 0 radical (unpaired) electrons. The Kier molecular flexibility index (Phi) is 5.02. The number of rotatable bonds is 5. The maximum atomic E-state index is 12.4. The molecule has 0 saturated carbocycles. The van der Waals surface area contributed by atoms with Crippen molar-refractivity contribution in [3.8, 4) is 5.75 Å². The molecule has 0 aliphatic carbocycles. The van der Waals surface area contributed by atoms with Crippen LogP contribution in [0.3, 0.4) is 0 Å². The Labute approximate surface area is 135 Å². The molecule has 0 saturated heterocycles. The predicted octanol–water partition coefficient (Wildman–Crippen LogP) is 2.16. The first-order valence-electron chi connectivity index (χ1n) is 6.96. The van der Waals surface area contributed by atoms with Gasteiger partial charge in [-0.3, -0.25) is 4.79 Å². The zero-order chi connectivity index (χ0) is 17.0. The number of anilines is 1. The van der Waals surface area contributed by atoms with Crippen LogP contribution in [0.1, 0.15) is 22.8 Å². The molecule has 0 bridgehead atoms. The van der Waals surface area contributed by atoms with Crippen LogP contribution in [0.25, 0.3) is 0 Å². The summed E-state index contributed by atoms with van der Waals surface area (Å²) in [7, 11) is -2.50. The van der Waals surface area contributed by atoms with Gasteiger partial charge in [-0.1, -0.05) is 19.1 Å². The largest absolute Gasteiger partial charge is 0.496 e. The summed E-state index contributed by atoms with van der Waals surface area (Å²) in [5, 5.41) is 7.81. The summed E-state index contributed by atoms with van der Waals surface area (Å²) in [5.41, 5.74) is 1.85. The number of methoxy groups -OCH3 is 1. The highest BCUT2D eigenvalue weighted by molar-refractivity contribution is 7.89. The number of carbonyl (C=O) groups is 1. The topological polar surface area (TPSA) is 98.5 Å². The lowest BCUT2D eigenvalue weighted by Crippen LogP contribution is -2.16. The Morgan fingerprint density at radius 1 is 1.17 bits per heavy atom. The third-order valence-corrected chi connectivity index (χ3v) is 4.28. The Morgan fingerprint density at radius 2 is 1.83 bits per heavy atom. The molecule has 1 amide bonds. The quantitative estimate of drug-likeness (QED) is 0.875. The molecule has 0 atom stereocenters. The fourth-order valence-corrected chi connectivity index (χ4v) is 2.60. The van der Waals surface area contributed by atoms with E-state index in [0.717, 1.165) is 12.0 Å². The number of ether oxygens (including phenoxy) is 1. The van der Waals surface area contributed by atoms with Gasteiger partial charge in [0.05, 0.1) is 17.6 Å². The molecule has 3 N–H and O–H groups in total. The molecule has 7 heteroatoms. The van der Waals surface area contributed by atoms with Gasteiger partial charge in [0.2, 0.25) is 10.0 Å². The highest BCUT2D eigenvalue weighted by Crippen LogP contribution is 2.23. The van der Waals surface area contributed by atoms with E-state index in [1.165, 1.54) is 25.3 Å². The zero-order valence-electron chi connectivity index (χ0n) is 12.9. The van der Waals surface area contributed by atoms with E-state index in [2.05, 4.69) is 5.32 Å². The summed E-state index contributed by atoms with van der Waals surface area (Å²) < 4.78 is 28.0. The maximum absolute atomic E-state index is 12.4. The van der Waals surface area contributed by atoms with Gasteiger partial charge >= 0.3 is 0 Å². The highest BCUT2D eigenvalue weighted by atomic mass is 32.2. The summed E-state index contributed by atoms with van der Waals surface area (Å²) in [4.78, 5) is 12.3. The number of sulfonamides is 1. The van der Waals surface area contributed by atoms with Gasteiger partial charge < -0.3 is 10.1 Å². The van der Waals surface area contributed by atoms with Crippen LogP contribution in [-0.2, 0) is 16.4 Å². The van der Waals surface area contributed by atoms with Crippen molar-refractivity contribution < 1.29 is 17.9 Å². The molecule has 6 nitrogen and oxygen atoms in total. The molecule has 2 aromatic rings. The number of nitrogens with one attached hydrogen (secondary N) is 1. The van der Waals surface area contributed by atoms with Gasteiger partial charge in [0.15, 0.2) is 0 Å². The number of benzene rings is 2. The van der Waals surface area contributed by atoms with Crippen molar-refractivity contribution in [2.24, 2.45) is 5.14 Å². The second-order valence-corrected chi connectivity index (χ2v) is 6.47. The number of carbonyl (C=O) groups excluding carboxylic acids is 1. The van der Waals surface area contributed by atoms with Crippen molar-refractivity contribution in [2.75, 3.05) is 12.4 Å². The Balaban J connectivity index is 2.33. The zero-order valence-corrected chi connectivity index (χ0v) is 13.7. The smallest absolute Gasteiger partial charge is 0.259 e. The van der Waals surface area contributed by atoms with Crippen LogP contribution in [0.15, 0.2) is 47.4 Å². The highest BCUT2D eigenvalue weighted by Gasteiger charge is 2.17. The van der Waals surface area contributed by atoms with Gasteiger partial charge in [0.1, 0.15) is 5.75 Å². The second kappa shape index (κ2) is 6.80. The van der Waals surface area contributed by atoms with E-state index in [4.69, 9.17) is 9.88 Å². The Morgan fingerprint density at radius 3 is 2.35 bits per heavy atom. The Bertz CT molecular complexity index is 814. The van der Waals surface area contributed by atoms with E-state index in [0.29, 0.717) is 5.69 Å². The molecule has 0 unspecified atom stereocenters. The number of amides is 1. The summed E-state index contributed by atoms with van der Waals surface area (Å²) in [6, 6.07) is 11.3. The normalized spacial score (nSPS) is 11.1. The maximum Gasteiger partial charge on any atom is 0.259 e. The molecule has 0 aromatic heterocycles. The van der Waals surface area contributed by atoms with Crippen molar-refractivity contribution in [1.29, 1.82) is 0 Å². The Hall–Kier alpha value is -2.38. The molecule has 0 fully saturated rings. The number of hydrogen-bond acceptors (Lipinski definition) is 4. The summed E-state index contributed by atoms with van der Waals surface area (Å²) in [5.74, 6) is -0.211. The molecule has 23 heavy (non-hydrogen) atoms. The van der Waals surface area contributed by atoms with Gasteiger partial charge in [-0.05, 0) is 42.3 Å². The lowest BCUT2D eigenvalue weighted by Gasteiger charge is -2.11. The molecular weight excluding hydrogens is 316 g/mol. The number of aryl methyl sites for hydroxylation is 1. The van der Waals surface area contributed by atoms with Crippen LogP contribution in [0.2, 0.25) is 0 Å². The molecular formula is C16H18N2O4S. The number of nitrogens with two attached hydrogens (primary N) is 1. The lowest BCUT2D eigenvalue weighted by atomic mass is 10.1. The average Bonchev–Trinajstić information content (AvgIpc) is 2.54. The van der Waals surface area contributed by atoms with Crippen molar-refractivity contribution in [1.82, 2.24) is 0 Å². The number of hydrogen-bond donors (Lipinski definition) is 2. The van der Waals surface area contributed by atoms with E-state index in [1.54, 1.807) is 12.1 Å². The molecule has 0 aliphatic heterocycles. The van der Waals surface area contributed by atoms with Crippen molar-refractivity contribution in [3.05, 3.63) is 53.6 Å². The predicted molar refractivity (Wildman–Crippen MR) is 88.1 cm³/mol. The monoisotopic (exact) mass is 334 g/mol. The summed E-state index contributed by atoms with van der Waals surface area (Å²) in [6.45, 7) is 2.04. The average molecular weight is 334 g/mol. The minimum absolute atomic E-state index is 0.0959. The van der Waals surface area contributed by atoms with Crippen LogP contribution >= 0.6 is 0 Å². The fraction of sp³-hybridized carbons (Fsp3) is 0.188. The first kappa shape index (κ1) is 17.0. The molecule has 2 rings (SSSR count). The van der Waals surface area contributed by atoms with Gasteiger partial charge in [-0.25, -0.2) is 13.6 Å². The third-order valence-electron chi connectivity index (χ3n) is 3.36.